The summed E-state index contributed by atoms with van der Waals surface area (Å²) in [6.45, 7) is 4.08. The topological polar surface area (TPSA) is 45.7 Å². The van der Waals surface area contributed by atoms with Crippen molar-refractivity contribution in [1.82, 2.24) is 14.8 Å². The van der Waals surface area contributed by atoms with Gasteiger partial charge in [0.2, 0.25) is 0 Å². The summed E-state index contributed by atoms with van der Waals surface area (Å²) < 4.78 is 5.21. The third-order valence-electron chi connectivity index (χ3n) is 4.98. The number of methoxy groups -OCH3 is 1. The smallest absolute Gasteiger partial charge is 0.253 e. The monoisotopic (exact) mass is 393 g/mol. The van der Waals surface area contributed by atoms with Crippen LogP contribution >= 0.6 is 11.3 Å². The highest BCUT2D eigenvalue weighted by atomic mass is 32.1. The number of amides is 1. The molecule has 1 fully saturated rings. The number of carbonyl (C=O) groups excluding carboxylic acids is 1. The maximum atomic E-state index is 12.6. The first-order valence-electron chi connectivity index (χ1n) is 9.38. The second kappa shape index (κ2) is 8.54. The van der Waals surface area contributed by atoms with Crippen LogP contribution in [0.4, 0.5) is 0 Å². The molecular weight excluding hydrogens is 370 g/mol. The average Bonchev–Trinajstić information content (AvgIpc) is 3.23. The van der Waals surface area contributed by atoms with E-state index in [2.05, 4.69) is 10.3 Å². The predicted octanol–water partition coefficient (Wildman–Crippen LogP) is 3.78. The number of piperazine rings is 1. The standard InChI is InChI=1S/C22H23N3O2S/c1-27-19-9-7-17(8-10-19)20-16-28-21(23-20)15-24-11-13-25(14-12-24)22(26)18-5-3-2-4-6-18/h2-10,16H,11-15H2,1H3. The SMILES string of the molecule is COc1ccc(-c2csc(CN3CCN(C(=O)c4ccccc4)CC3)n2)cc1. The Kier molecular flexibility index (Phi) is 5.69. The number of benzene rings is 2. The highest BCUT2D eigenvalue weighted by Crippen LogP contribution is 2.25. The number of nitrogens with zero attached hydrogens (tertiary/aromatic N) is 3. The summed E-state index contributed by atoms with van der Waals surface area (Å²) in [7, 11) is 1.67. The highest BCUT2D eigenvalue weighted by molar-refractivity contribution is 7.09. The Morgan fingerprint density at radius 1 is 1.04 bits per heavy atom. The highest BCUT2D eigenvalue weighted by Gasteiger charge is 2.22. The van der Waals surface area contributed by atoms with Gasteiger partial charge in [0.25, 0.3) is 5.91 Å². The van der Waals surface area contributed by atoms with Crippen molar-refractivity contribution < 1.29 is 9.53 Å². The second-order valence-electron chi connectivity index (χ2n) is 6.79. The van der Waals surface area contributed by atoms with Crippen molar-refractivity contribution in [2.75, 3.05) is 33.3 Å². The molecule has 2 heterocycles. The van der Waals surface area contributed by atoms with E-state index in [0.29, 0.717) is 0 Å². The molecule has 4 rings (SSSR count). The van der Waals surface area contributed by atoms with Gasteiger partial charge in [0, 0.05) is 42.7 Å². The minimum Gasteiger partial charge on any atom is -0.497 e. The molecule has 1 amide bonds. The van der Waals surface area contributed by atoms with Gasteiger partial charge >= 0.3 is 0 Å². The molecule has 0 radical (unpaired) electrons. The van der Waals surface area contributed by atoms with Crippen LogP contribution in [0.2, 0.25) is 0 Å². The van der Waals surface area contributed by atoms with E-state index in [1.54, 1.807) is 18.4 Å². The normalized spacial score (nSPS) is 14.8. The van der Waals surface area contributed by atoms with Crippen molar-refractivity contribution >= 4 is 17.2 Å². The molecule has 1 aliphatic heterocycles. The first-order chi connectivity index (χ1) is 13.7. The predicted molar refractivity (Wildman–Crippen MR) is 112 cm³/mol. The molecule has 0 saturated carbocycles. The number of hydrogen-bond donors (Lipinski definition) is 0. The number of rotatable bonds is 5. The van der Waals surface area contributed by atoms with Gasteiger partial charge in [-0.1, -0.05) is 18.2 Å². The van der Waals surface area contributed by atoms with Crippen molar-refractivity contribution in [3.63, 3.8) is 0 Å². The van der Waals surface area contributed by atoms with Gasteiger partial charge in [-0.05, 0) is 36.4 Å². The lowest BCUT2D eigenvalue weighted by Crippen LogP contribution is -2.48. The molecule has 0 bridgehead atoms. The van der Waals surface area contributed by atoms with E-state index in [1.165, 1.54) is 0 Å². The van der Waals surface area contributed by atoms with E-state index in [-0.39, 0.29) is 5.91 Å². The fraction of sp³-hybridized carbons (Fsp3) is 0.273. The van der Waals surface area contributed by atoms with Crippen LogP contribution in [-0.4, -0.2) is 54.0 Å². The van der Waals surface area contributed by atoms with Gasteiger partial charge < -0.3 is 9.64 Å². The van der Waals surface area contributed by atoms with Gasteiger partial charge in [0.15, 0.2) is 0 Å². The van der Waals surface area contributed by atoms with Crippen LogP contribution in [0.1, 0.15) is 15.4 Å². The van der Waals surface area contributed by atoms with Gasteiger partial charge in [-0.3, -0.25) is 9.69 Å². The molecule has 1 aliphatic rings. The summed E-state index contributed by atoms with van der Waals surface area (Å²) >= 11 is 1.69. The molecule has 1 saturated heterocycles. The van der Waals surface area contributed by atoms with Crippen LogP contribution in [0.15, 0.2) is 60.0 Å². The fourth-order valence-electron chi connectivity index (χ4n) is 3.34. The summed E-state index contributed by atoms with van der Waals surface area (Å²) in [6, 6.07) is 17.5. The molecule has 0 atom stereocenters. The van der Waals surface area contributed by atoms with E-state index < -0.39 is 0 Å². The van der Waals surface area contributed by atoms with E-state index in [0.717, 1.165) is 60.3 Å². The Hall–Kier alpha value is -2.70. The molecule has 28 heavy (non-hydrogen) atoms. The van der Waals surface area contributed by atoms with Gasteiger partial charge in [-0.25, -0.2) is 4.98 Å². The Balaban J connectivity index is 1.32. The zero-order valence-electron chi connectivity index (χ0n) is 15.9. The third kappa shape index (κ3) is 4.24. The molecule has 2 aromatic carbocycles. The summed E-state index contributed by atoms with van der Waals surface area (Å²) in [5.41, 5.74) is 2.86. The van der Waals surface area contributed by atoms with E-state index in [9.17, 15) is 4.79 Å². The molecule has 5 nitrogen and oxygen atoms in total. The zero-order valence-corrected chi connectivity index (χ0v) is 16.7. The molecule has 0 N–H and O–H groups in total. The minimum absolute atomic E-state index is 0.122. The van der Waals surface area contributed by atoms with Crippen molar-refractivity contribution in [2.45, 2.75) is 6.54 Å². The summed E-state index contributed by atoms with van der Waals surface area (Å²) in [6.07, 6.45) is 0. The summed E-state index contributed by atoms with van der Waals surface area (Å²) in [5.74, 6) is 0.971. The van der Waals surface area contributed by atoms with Crippen LogP contribution in [-0.2, 0) is 6.54 Å². The van der Waals surface area contributed by atoms with Crippen LogP contribution in [0.25, 0.3) is 11.3 Å². The van der Waals surface area contributed by atoms with Crippen LogP contribution < -0.4 is 4.74 Å². The molecule has 144 valence electrons. The van der Waals surface area contributed by atoms with E-state index >= 15 is 0 Å². The Labute approximate surface area is 169 Å². The van der Waals surface area contributed by atoms with Crippen molar-refractivity contribution in [2.24, 2.45) is 0 Å². The number of carbonyl (C=O) groups is 1. The first kappa shape index (κ1) is 18.7. The molecule has 0 aliphatic carbocycles. The van der Waals surface area contributed by atoms with Crippen molar-refractivity contribution in [1.29, 1.82) is 0 Å². The molecule has 1 aromatic heterocycles. The molecule has 6 heteroatoms. The number of ether oxygens (including phenoxy) is 1. The van der Waals surface area contributed by atoms with Crippen LogP contribution in [0.5, 0.6) is 5.75 Å². The molecular formula is C22H23N3O2S. The first-order valence-corrected chi connectivity index (χ1v) is 10.3. The van der Waals surface area contributed by atoms with Crippen molar-refractivity contribution in [3.05, 3.63) is 70.5 Å². The third-order valence-corrected chi connectivity index (χ3v) is 5.81. The van der Waals surface area contributed by atoms with Gasteiger partial charge in [-0.2, -0.15) is 0 Å². The number of aromatic nitrogens is 1. The number of thiazole rings is 1. The second-order valence-corrected chi connectivity index (χ2v) is 7.73. The van der Waals surface area contributed by atoms with Crippen LogP contribution in [0.3, 0.4) is 0 Å². The molecule has 3 aromatic rings. The lowest BCUT2D eigenvalue weighted by molar-refractivity contribution is 0.0628. The minimum atomic E-state index is 0.122. The zero-order chi connectivity index (χ0) is 19.3. The average molecular weight is 394 g/mol. The Bertz CT molecular complexity index is 916. The largest absolute Gasteiger partial charge is 0.497 e. The maximum Gasteiger partial charge on any atom is 0.253 e. The lowest BCUT2D eigenvalue weighted by atomic mass is 10.2. The Morgan fingerprint density at radius 2 is 1.75 bits per heavy atom. The van der Waals surface area contributed by atoms with Crippen molar-refractivity contribution in [3.8, 4) is 17.0 Å². The maximum absolute atomic E-state index is 12.6. The van der Waals surface area contributed by atoms with Gasteiger partial charge in [0.1, 0.15) is 10.8 Å². The quantitative estimate of drug-likeness (QED) is 0.662. The van der Waals surface area contributed by atoms with Gasteiger partial charge in [-0.15, -0.1) is 11.3 Å². The molecule has 0 unspecified atom stereocenters. The fourth-order valence-corrected chi connectivity index (χ4v) is 4.19. The van der Waals surface area contributed by atoms with E-state index in [4.69, 9.17) is 9.72 Å². The summed E-state index contributed by atoms with van der Waals surface area (Å²) in [4.78, 5) is 21.7. The summed E-state index contributed by atoms with van der Waals surface area (Å²) in [5, 5.41) is 3.21. The van der Waals surface area contributed by atoms with Gasteiger partial charge in [0.05, 0.1) is 19.3 Å². The number of hydrogen-bond acceptors (Lipinski definition) is 5. The van der Waals surface area contributed by atoms with Crippen LogP contribution in [0, 0.1) is 0 Å². The molecule has 0 spiro atoms. The van der Waals surface area contributed by atoms with E-state index in [1.807, 2.05) is 59.5 Å². The Morgan fingerprint density at radius 3 is 2.43 bits per heavy atom. The lowest BCUT2D eigenvalue weighted by Gasteiger charge is -2.34.